The van der Waals surface area contributed by atoms with Crippen molar-refractivity contribution in [3.8, 4) is 11.3 Å². The summed E-state index contributed by atoms with van der Waals surface area (Å²) in [6.45, 7) is 4.48. The van der Waals surface area contributed by atoms with Crippen LogP contribution in [-0.2, 0) is 6.42 Å². The second kappa shape index (κ2) is 5.43. The fraction of sp³-hybridized carbons (Fsp3) is 0.357. The lowest BCUT2D eigenvalue weighted by Gasteiger charge is -2.02. The first-order valence-corrected chi connectivity index (χ1v) is 6.71. The minimum atomic E-state index is 0.235. The summed E-state index contributed by atoms with van der Waals surface area (Å²) in [7, 11) is 0. The smallest absolute Gasteiger partial charge is 0.0933 e. The number of aryl methyl sites for hydroxylation is 3. The largest absolute Gasteiger partial charge is 0.396 e. The number of benzene rings is 1. The Labute approximate surface area is 106 Å². The van der Waals surface area contributed by atoms with Gasteiger partial charge in [-0.25, -0.2) is 4.98 Å². The van der Waals surface area contributed by atoms with Gasteiger partial charge in [0, 0.05) is 24.0 Å². The monoisotopic (exact) mass is 247 g/mol. The van der Waals surface area contributed by atoms with Crippen LogP contribution in [0.25, 0.3) is 11.3 Å². The van der Waals surface area contributed by atoms with Crippen molar-refractivity contribution in [2.45, 2.75) is 26.7 Å². The molecular formula is C14H17NOS. The van der Waals surface area contributed by atoms with Gasteiger partial charge in [0.25, 0.3) is 0 Å². The fourth-order valence-electron chi connectivity index (χ4n) is 1.69. The maximum Gasteiger partial charge on any atom is 0.0933 e. The van der Waals surface area contributed by atoms with Crippen molar-refractivity contribution >= 4 is 11.3 Å². The number of hydrogen-bond donors (Lipinski definition) is 1. The summed E-state index contributed by atoms with van der Waals surface area (Å²) < 4.78 is 0. The molecule has 0 fully saturated rings. The molecule has 3 heteroatoms. The lowest BCUT2D eigenvalue weighted by atomic mass is 10.1. The van der Waals surface area contributed by atoms with Crippen LogP contribution in [0.3, 0.4) is 0 Å². The van der Waals surface area contributed by atoms with Gasteiger partial charge >= 0.3 is 0 Å². The van der Waals surface area contributed by atoms with Gasteiger partial charge in [-0.1, -0.05) is 12.1 Å². The molecule has 17 heavy (non-hydrogen) atoms. The molecule has 90 valence electrons. The minimum absolute atomic E-state index is 0.235. The Morgan fingerprint density at radius 1 is 1.24 bits per heavy atom. The van der Waals surface area contributed by atoms with E-state index in [0.29, 0.717) is 0 Å². The van der Waals surface area contributed by atoms with Gasteiger partial charge in [0.2, 0.25) is 0 Å². The van der Waals surface area contributed by atoms with Crippen molar-refractivity contribution < 1.29 is 5.11 Å². The molecule has 0 spiro atoms. The van der Waals surface area contributed by atoms with Crippen LogP contribution in [0, 0.1) is 13.8 Å². The van der Waals surface area contributed by atoms with E-state index in [1.165, 1.54) is 16.7 Å². The van der Waals surface area contributed by atoms with Gasteiger partial charge < -0.3 is 5.11 Å². The first-order valence-electron chi connectivity index (χ1n) is 5.83. The number of hydrogen-bond acceptors (Lipinski definition) is 3. The van der Waals surface area contributed by atoms with Crippen molar-refractivity contribution in [2.24, 2.45) is 0 Å². The van der Waals surface area contributed by atoms with Gasteiger partial charge in [0.05, 0.1) is 10.7 Å². The molecular weight excluding hydrogens is 230 g/mol. The van der Waals surface area contributed by atoms with Crippen LogP contribution in [0.5, 0.6) is 0 Å². The van der Waals surface area contributed by atoms with Gasteiger partial charge in [-0.15, -0.1) is 11.3 Å². The number of aliphatic hydroxyl groups excluding tert-OH is 1. The highest BCUT2D eigenvalue weighted by Crippen LogP contribution is 2.24. The van der Waals surface area contributed by atoms with Crippen molar-refractivity contribution in [2.75, 3.05) is 6.61 Å². The third-order valence-electron chi connectivity index (χ3n) is 2.90. The molecule has 0 atom stereocenters. The summed E-state index contributed by atoms with van der Waals surface area (Å²) in [4.78, 5) is 4.60. The van der Waals surface area contributed by atoms with Crippen LogP contribution in [0.1, 0.15) is 22.6 Å². The third kappa shape index (κ3) is 2.93. The summed E-state index contributed by atoms with van der Waals surface area (Å²) in [6.07, 6.45) is 1.66. The number of thiazole rings is 1. The molecule has 0 radical (unpaired) electrons. The topological polar surface area (TPSA) is 33.1 Å². The quantitative estimate of drug-likeness (QED) is 0.898. The summed E-state index contributed by atoms with van der Waals surface area (Å²) in [5.41, 5.74) is 4.84. The van der Waals surface area contributed by atoms with Crippen LogP contribution < -0.4 is 0 Å². The Balaban J connectivity index is 2.21. The first-order chi connectivity index (χ1) is 8.20. The second-order valence-corrected chi connectivity index (χ2v) is 5.20. The molecule has 1 heterocycles. The highest BCUT2D eigenvalue weighted by Gasteiger charge is 2.05. The van der Waals surface area contributed by atoms with Gasteiger partial charge in [0.1, 0.15) is 0 Å². The number of aliphatic hydroxyl groups is 1. The van der Waals surface area contributed by atoms with E-state index in [2.05, 4.69) is 42.4 Å². The molecule has 0 aliphatic rings. The number of aromatic nitrogens is 1. The third-order valence-corrected chi connectivity index (χ3v) is 3.81. The van der Waals surface area contributed by atoms with Crippen LogP contribution in [-0.4, -0.2) is 16.7 Å². The maximum atomic E-state index is 8.80. The lowest BCUT2D eigenvalue weighted by Crippen LogP contribution is -1.89. The Hall–Kier alpha value is -1.19. The van der Waals surface area contributed by atoms with Crippen LogP contribution >= 0.6 is 11.3 Å². The van der Waals surface area contributed by atoms with E-state index < -0.39 is 0 Å². The Morgan fingerprint density at radius 2 is 2.06 bits per heavy atom. The second-order valence-electron chi connectivity index (χ2n) is 4.25. The van der Waals surface area contributed by atoms with E-state index in [9.17, 15) is 0 Å². The van der Waals surface area contributed by atoms with Gasteiger partial charge in [-0.05, 0) is 37.5 Å². The Bertz CT molecular complexity index is 505. The number of rotatable bonds is 4. The predicted molar refractivity (Wildman–Crippen MR) is 72.4 cm³/mol. The van der Waals surface area contributed by atoms with E-state index in [1.54, 1.807) is 11.3 Å². The predicted octanol–water partition coefficient (Wildman–Crippen LogP) is 3.35. The standard InChI is InChI=1S/C14H17NOS/c1-10-5-6-12(8-11(10)2)13-9-17-14(15-13)4-3-7-16/h5-6,8-9,16H,3-4,7H2,1-2H3. The minimum Gasteiger partial charge on any atom is -0.396 e. The van der Waals surface area contributed by atoms with Crippen molar-refractivity contribution in [1.82, 2.24) is 4.98 Å². The molecule has 0 unspecified atom stereocenters. The Morgan fingerprint density at radius 3 is 2.76 bits per heavy atom. The molecule has 2 nitrogen and oxygen atoms in total. The summed E-state index contributed by atoms with van der Waals surface area (Å²) in [5, 5.41) is 12.0. The highest BCUT2D eigenvalue weighted by atomic mass is 32.1. The molecule has 0 aliphatic carbocycles. The molecule has 0 bridgehead atoms. The zero-order valence-corrected chi connectivity index (χ0v) is 11.0. The van der Waals surface area contributed by atoms with E-state index in [1.807, 2.05) is 0 Å². The normalized spacial score (nSPS) is 10.8. The zero-order valence-electron chi connectivity index (χ0n) is 10.2. The SMILES string of the molecule is Cc1ccc(-c2csc(CCCO)n2)cc1C. The van der Waals surface area contributed by atoms with Gasteiger partial charge in [-0.2, -0.15) is 0 Å². The van der Waals surface area contributed by atoms with Crippen LogP contribution in [0.15, 0.2) is 23.6 Å². The Kier molecular flexibility index (Phi) is 3.92. The molecule has 0 saturated carbocycles. The van der Waals surface area contributed by atoms with Crippen LogP contribution in [0.2, 0.25) is 0 Å². The van der Waals surface area contributed by atoms with Crippen molar-refractivity contribution in [1.29, 1.82) is 0 Å². The molecule has 2 aromatic rings. The van der Waals surface area contributed by atoms with Crippen molar-refractivity contribution in [3.63, 3.8) is 0 Å². The highest BCUT2D eigenvalue weighted by molar-refractivity contribution is 7.09. The van der Waals surface area contributed by atoms with E-state index >= 15 is 0 Å². The molecule has 2 rings (SSSR count). The molecule has 0 aliphatic heterocycles. The van der Waals surface area contributed by atoms with Gasteiger partial charge in [-0.3, -0.25) is 0 Å². The van der Waals surface area contributed by atoms with E-state index in [4.69, 9.17) is 5.11 Å². The van der Waals surface area contributed by atoms with Crippen LogP contribution in [0.4, 0.5) is 0 Å². The van der Waals surface area contributed by atoms with E-state index in [0.717, 1.165) is 23.5 Å². The maximum absolute atomic E-state index is 8.80. The summed E-state index contributed by atoms with van der Waals surface area (Å²) in [6, 6.07) is 6.44. The van der Waals surface area contributed by atoms with Gasteiger partial charge in [0.15, 0.2) is 0 Å². The molecule has 0 saturated heterocycles. The summed E-state index contributed by atoms with van der Waals surface area (Å²) >= 11 is 1.67. The van der Waals surface area contributed by atoms with E-state index in [-0.39, 0.29) is 6.61 Å². The average molecular weight is 247 g/mol. The van der Waals surface area contributed by atoms with Crippen molar-refractivity contribution in [3.05, 3.63) is 39.7 Å². The fourth-order valence-corrected chi connectivity index (χ4v) is 2.54. The zero-order chi connectivity index (χ0) is 12.3. The molecule has 1 N–H and O–H groups in total. The first kappa shape index (κ1) is 12.3. The lowest BCUT2D eigenvalue weighted by molar-refractivity contribution is 0.288. The average Bonchev–Trinajstić information content (AvgIpc) is 2.79. The molecule has 1 aromatic heterocycles. The molecule has 1 aromatic carbocycles. The molecule has 0 amide bonds. The summed E-state index contributed by atoms with van der Waals surface area (Å²) in [5.74, 6) is 0. The number of nitrogens with zero attached hydrogens (tertiary/aromatic N) is 1.